The van der Waals surface area contributed by atoms with Crippen LogP contribution in [0.4, 0.5) is 5.69 Å². The van der Waals surface area contributed by atoms with Crippen LogP contribution in [0.25, 0.3) is 0 Å². The largest absolute Gasteiger partial charge is 0.363 e. The van der Waals surface area contributed by atoms with Gasteiger partial charge in [0.15, 0.2) is 0 Å². The first-order chi connectivity index (χ1) is 9.51. The van der Waals surface area contributed by atoms with Crippen LogP contribution in [0.1, 0.15) is 26.2 Å². The van der Waals surface area contributed by atoms with Gasteiger partial charge in [0.1, 0.15) is 4.90 Å². The predicted octanol–water partition coefficient (Wildman–Crippen LogP) is 1.30. The van der Waals surface area contributed by atoms with Crippen LogP contribution in [-0.2, 0) is 10.0 Å². The number of rotatable bonds is 4. The highest BCUT2D eigenvalue weighted by molar-refractivity contribution is 7.89. The van der Waals surface area contributed by atoms with Crippen LogP contribution in [0.5, 0.6) is 0 Å². The zero-order chi connectivity index (χ0) is 14.8. The van der Waals surface area contributed by atoms with Gasteiger partial charge in [-0.3, -0.25) is 0 Å². The van der Waals surface area contributed by atoms with Gasteiger partial charge in [-0.1, -0.05) is 12.1 Å². The molecule has 2 rings (SSSR count). The Hall–Kier alpha value is -1.11. The van der Waals surface area contributed by atoms with E-state index in [9.17, 15) is 8.42 Å². The van der Waals surface area contributed by atoms with E-state index in [0.29, 0.717) is 17.5 Å². The zero-order valence-corrected chi connectivity index (χ0v) is 12.9. The zero-order valence-electron chi connectivity index (χ0n) is 12.0. The number of hydrogen-bond donors (Lipinski definition) is 2. The van der Waals surface area contributed by atoms with Gasteiger partial charge in [0, 0.05) is 18.6 Å². The predicted molar refractivity (Wildman–Crippen MR) is 81.3 cm³/mol. The first kappa shape index (κ1) is 15.3. The molecule has 0 amide bonds. The molecule has 5 nitrogen and oxygen atoms in total. The lowest BCUT2D eigenvalue weighted by Crippen LogP contribution is -2.49. The summed E-state index contributed by atoms with van der Waals surface area (Å²) >= 11 is 0. The molecule has 20 heavy (non-hydrogen) atoms. The molecule has 1 saturated heterocycles. The normalized spacial score (nSPS) is 23.9. The number of piperidine rings is 1. The number of anilines is 1. The van der Waals surface area contributed by atoms with Gasteiger partial charge in [0.2, 0.25) is 10.0 Å². The molecule has 0 bridgehead atoms. The van der Waals surface area contributed by atoms with E-state index < -0.39 is 10.0 Å². The van der Waals surface area contributed by atoms with Crippen LogP contribution in [0, 0.1) is 0 Å². The Morgan fingerprint density at radius 2 is 2.05 bits per heavy atom. The molecular formula is C14H23N3O2S. The van der Waals surface area contributed by atoms with E-state index >= 15 is 0 Å². The average Bonchev–Trinajstić information content (AvgIpc) is 2.47. The highest BCUT2D eigenvalue weighted by atomic mass is 32.2. The van der Waals surface area contributed by atoms with E-state index in [1.807, 2.05) is 12.1 Å². The van der Waals surface area contributed by atoms with E-state index in [4.69, 9.17) is 5.73 Å². The van der Waals surface area contributed by atoms with E-state index in [1.54, 1.807) is 12.1 Å². The molecule has 1 fully saturated rings. The molecule has 112 valence electrons. The summed E-state index contributed by atoms with van der Waals surface area (Å²) in [4.78, 5) is 2.50. The van der Waals surface area contributed by atoms with E-state index in [0.717, 1.165) is 24.9 Å². The minimum Gasteiger partial charge on any atom is -0.363 e. The molecule has 1 aromatic rings. The van der Waals surface area contributed by atoms with Crippen LogP contribution in [0.15, 0.2) is 29.2 Å². The maximum absolute atomic E-state index is 12.2. The Morgan fingerprint density at radius 3 is 2.70 bits per heavy atom. The lowest BCUT2D eigenvalue weighted by Gasteiger charge is -2.42. The molecule has 1 heterocycles. The number of nitrogens with two attached hydrogens (primary N) is 1. The Labute approximate surface area is 121 Å². The minimum atomic E-state index is -3.47. The summed E-state index contributed by atoms with van der Waals surface area (Å²) in [6, 6.07) is 7.64. The summed E-state index contributed by atoms with van der Waals surface area (Å²) < 4.78 is 26.8. The molecule has 0 radical (unpaired) electrons. The van der Waals surface area contributed by atoms with E-state index in [-0.39, 0.29) is 6.04 Å². The number of hydrogen-bond acceptors (Lipinski definition) is 4. The average molecular weight is 297 g/mol. The van der Waals surface area contributed by atoms with Crippen LogP contribution in [-0.4, -0.2) is 34.1 Å². The van der Waals surface area contributed by atoms with Crippen molar-refractivity contribution < 1.29 is 8.42 Å². The summed E-state index contributed by atoms with van der Waals surface area (Å²) in [5, 5.41) is 0. The summed E-state index contributed by atoms with van der Waals surface area (Å²) in [5.74, 6) is 0. The smallest absolute Gasteiger partial charge is 0.242 e. The summed E-state index contributed by atoms with van der Waals surface area (Å²) in [7, 11) is -2.03. The fourth-order valence-electron chi connectivity index (χ4n) is 2.96. The number of para-hydroxylation sites is 1. The second kappa shape index (κ2) is 6.11. The second-order valence-corrected chi connectivity index (χ2v) is 7.11. The van der Waals surface area contributed by atoms with Crippen molar-refractivity contribution in [2.45, 2.75) is 43.2 Å². The maximum Gasteiger partial charge on any atom is 0.242 e. The van der Waals surface area contributed by atoms with Crippen molar-refractivity contribution in [3.8, 4) is 0 Å². The van der Waals surface area contributed by atoms with Gasteiger partial charge in [-0.05, 0) is 45.4 Å². The topological polar surface area (TPSA) is 75.4 Å². The van der Waals surface area contributed by atoms with Gasteiger partial charge in [0.05, 0.1) is 5.69 Å². The molecule has 6 heteroatoms. The Bertz CT molecular complexity index is 559. The number of nitrogens with one attached hydrogen (secondary N) is 1. The lowest BCUT2D eigenvalue weighted by molar-refractivity contribution is 0.398. The molecular weight excluding hydrogens is 274 g/mol. The molecule has 2 atom stereocenters. The third kappa shape index (κ3) is 2.82. The van der Waals surface area contributed by atoms with E-state index in [2.05, 4.69) is 16.5 Å². The highest BCUT2D eigenvalue weighted by Crippen LogP contribution is 2.33. The van der Waals surface area contributed by atoms with Crippen LogP contribution < -0.4 is 15.4 Å². The Morgan fingerprint density at radius 1 is 1.35 bits per heavy atom. The third-order valence-corrected chi connectivity index (χ3v) is 5.46. The Kier molecular flexibility index (Phi) is 4.67. The quantitative estimate of drug-likeness (QED) is 0.878. The molecule has 0 saturated carbocycles. The van der Waals surface area contributed by atoms with Crippen molar-refractivity contribution in [1.82, 2.24) is 4.72 Å². The number of nitrogens with zero attached hydrogens (tertiary/aromatic N) is 1. The van der Waals surface area contributed by atoms with Gasteiger partial charge >= 0.3 is 0 Å². The van der Waals surface area contributed by atoms with Crippen molar-refractivity contribution >= 4 is 15.7 Å². The molecule has 1 aliphatic rings. The molecule has 3 N–H and O–H groups in total. The summed E-state index contributed by atoms with van der Waals surface area (Å²) in [6.07, 6.45) is 3.21. The SMILES string of the molecule is CNS(=O)(=O)c1ccccc1N1C(C)CCCC1CN. The highest BCUT2D eigenvalue weighted by Gasteiger charge is 2.30. The molecule has 0 aliphatic carbocycles. The summed E-state index contributed by atoms with van der Waals surface area (Å²) in [5.41, 5.74) is 6.63. The van der Waals surface area contributed by atoms with Crippen molar-refractivity contribution in [1.29, 1.82) is 0 Å². The van der Waals surface area contributed by atoms with Crippen molar-refractivity contribution in [3.63, 3.8) is 0 Å². The minimum absolute atomic E-state index is 0.201. The maximum atomic E-state index is 12.2. The molecule has 0 spiro atoms. The fourth-order valence-corrected chi connectivity index (χ4v) is 3.89. The van der Waals surface area contributed by atoms with Crippen LogP contribution >= 0.6 is 0 Å². The number of sulfonamides is 1. The number of benzene rings is 1. The standard InChI is InChI=1S/C14H23N3O2S/c1-11-6-5-7-12(10-15)17(11)13-8-3-4-9-14(13)20(18,19)16-2/h3-4,8-9,11-12,16H,5-7,10,15H2,1-2H3. The van der Waals surface area contributed by atoms with Crippen molar-refractivity contribution in [2.75, 3.05) is 18.5 Å². The van der Waals surface area contributed by atoms with E-state index in [1.165, 1.54) is 7.05 Å². The van der Waals surface area contributed by atoms with Gasteiger partial charge in [-0.2, -0.15) is 0 Å². The van der Waals surface area contributed by atoms with Gasteiger partial charge in [-0.25, -0.2) is 13.1 Å². The lowest BCUT2D eigenvalue weighted by atomic mass is 9.95. The first-order valence-corrected chi connectivity index (χ1v) is 8.50. The first-order valence-electron chi connectivity index (χ1n) is 7.02. The van der Waals surface area contributed by atoms with Crippen LogP contribution in [0.2, 0.25) is 0 Å². The van der Waals surface area contributed by atoms with Gasteiger partial charge in [-0.15, -0.1) is 0 Å². The molecule has 1 aliphatic heterocycles. The van der Waals surface area contributed by atoms with Crippen molar-refractivity contribution in [2.24, 2.45) is 5.73 Å². The third-order valence-electron chi connectivity index (χ3n) is 4.00. The van der Waals surface area contributed by atoms with Crippen LogP contribution in [0.3, 0.4) is 0 Å². The monoisotopic (exact) mass is 297 g/mol. The van der Waals surface area contributed by atoms with Gasteiger partial charge < -0.3 is 10.6 Å². The molecule has 0 aromatic heterocycles. The second-order valence-electron chi connectivity index (χ2n) is 5.25. The van der Waals surface area contributed by atoms with Crippen molar-refractivity contribution in [3.05, 3.63) is 24.3 Å². The summed E-state index contributed by atoms with van der Waals surface area (Å²) in [6.45, 7) is 2.67. The Balaban J connectivity index is 2.51. The fraction of sp³-hybridized carbons (Fsp3) is 0.571. The molecule has 1 aromatic carbocycles. The van der Waals surface area contributed by atoms with Gasteiger partial charge in [0.25, 0.3) is 0 Å². The molecule has 2 unspecified atom stereocenters.